The number of hydrogen-bond acceptors (Lipinski definition) is 3. The predicted molar refractivity (Wildman–Crippen MR) is 64.6 cm³/mol. The van der Waals surface area contributed by atoms with Crippen LogP contribution in [0.15, 0.2) is 0 Å². The zero-order chi connectivity index (χ0) is 13.3. The van der Waals surface area contributed by atoms with Crippen molar-refractivity contribution in [2.24, 2.45) is 0 Å². The molecular weight excluding hydrogens is 222 g/mol. The van der Waals surface area contributed by atoms with Gasteiger partial charge < -0.3 is 15.5 Å². The second-order valence-corrected chi connectivity index (χ2v) is 4.65. The molecule has 3 N–H and O–H groups in total. The molecule has 0 aromatic carbocycles. The van der Waals surface area contributed by atoms with Crippen LogP contribution in [0.1, 0.15) is 52.4 Å². The normalized spacial score (nSPS) is 14.1. The minimum absolute atomic E-state index is 0.0219. The van der Waals surface area contributed by atoms with E-state index in [-0.39, 0.29) is 18.9 Å². The molecule has 5 heteroatoms. The Kier molecular flexibility index (Phi) is 7.54. The van der Waals surface area contributed by atoms with E-state index in [9.17, 15) is 14.7 Å². The van der Waals surface area contributed by atoms with Gasteiger partial charge in [-0.2, -0.15) is 0 Å². The minimum atomic E-state index is -1.38. The molecule has 0 fully saturated rings. The third-order valence-electron chi connectivity index (χ3n) is 2.46. The lowest BCUT2D eigenvalue weighted by Gasteiger charge is -2.21. The zero-order valence-electron chi connectivity index (χ0n) is 10.7. The Morgan fingerprint density at radius 2 is 1.88 bits per heavy atom. The first-order chi connectivity index (χ1) is 7.87. The molecule has 0 aliphatic carbocycles. The Morgan fingerprint density at radius 3 is 2.41 bits per heavy atom. The van der Waals surface area contributed by atoms with Crippen LogP contribution in [0, 0.1) is 0 Å². The van der Waals surface area contributed by atoms with Gasteiger partial charge in [0.15, 0.2) is 0 Å². The van der Waals surface area contributed by atoms with E-state index in [1.807, 2.05) is 0 Å². The van der Waals surface area contributed by atoms with E-state index in [0.717, 1.165) is 25.7 Å². The second kappa shape index (κ2) is 8.06. The lowest BCUT2D eigenvalue weighted by Crippen LogP contribution is -2.42. The number of carboxylic acid groups (broad SMARTS) is 1. The number of carbonyl (C=O) groups is 2. The molecule has 0 saturated carbocycles. The molecule has 100 valence electrons. The largest absolute Gasteiger partial charge is 0.481 e. The highest BCUT2D eigenvalue weighted by atomic mass is 16.4. The molecule has 5 nitrogen and oxygen atoms in total. The van der Waals surface area contributed by atoms with Gasteiger partial charge in [-0.25, -0.2) is 0 Å². The molecule has 17 heavy (non-hydrogen) atoms. The highest BCUT2D eigenvalue weighted by molar-refractivity contribution is 5.76. The Balaban J connectivity index is 3.71. The molecule has 0 bridgehead atoms. The molecule has 0 radical (unpaired) electrons. The monoisotopic (exact) mass is 245 g/mol. The summed E-state index contributed by atoms with van der Waals surface area (Å²) in [5, 5.41) is 20.7. The highest BCUT2D eigenvalue weighted by Gasteiger charge is 2.24. The maximum atomic E-state index is 11.4. The average Bonchev–Trinajstić information content (AvgIpc) is 2.20. The van der Waals surface area contributed by atoms with Crippen LogP contribution in [0.5, 0.6) is 0 Å². The maximum absolute atomic E-state index is 11.4. The van der Waals surface area contributed by atoms with Crippen molar-refractivity contribution in [3.05, 3.63) is 0 Å². The van der Waals surface area contributed by atoms with Gasteiger partial charge >= 0.3 is 5.97 Å². The predicted octanol–water partition coefficient (Wildman–Crippen LogP) is 1.30. The van der Waals surface area contributed by atoms with E-state index >= 15 is 0 Å². The van der Waals surface area contributed by atoms with Gasteiger partial charge in [-0.3, -0.25) is 9.59 Å². The fraction of sp³-hybridized carbons (Fsp3) is 0.833. The lowest BCUT2D eigenvalue weighted by atomic mass is 10.0. The maximum Gasteiger partial charge on any atom is 0.306 e. The molecule has 0 aliphatic rings. The Morgan fingerprint density at radius 1 is 1.24 bits per heavy atom. The van der Waals surface area contributed by atoms with Crippen molar-refractivity contribution in [1.29, 1.82) is 0 Å². The lowest BCUT2D eigenvalue weighted by molar-refractivity contribution is -0.142. The molecule has 1 unspecified atom stereocenters. The fourth-order valence-corrected chi connectivity index (χ4v) is 1.48. The van der Waals surface area contributed by atoms with E-state index in [1.54, 1.807) is 0 Å². The summed E-state index contributed by atoms with van der Waals surface area (Å²) in [4.78, 5) is 21.8. The zero-order valence-corrected chi connectivity index (χ0v) is 10.7. The average molecular weight is 245 g/mol. The molecular formula is C12H23NO4. The van der Waals surface area contributed by atoms with E-state index < -0.39 is 11.6 Å². The molecule has 0 rings (SSSR count). The van der Waals surface area contributed by atoms with E-state index in [1.165, 1.54) is 6.92 Å². The second-order valence-electron chi connectivity index (χ2n) is 4.65. The van der Waals surface area contributed by atoms with Crippen LogP contribution in [0.4, 0.5) is 0 Å². The highest BCUT2D eigenvalue weighted by Crippen LogP contribution is 2.08. The van der Waals surface area contributed by atoms with Gasteiger partial charge in [0.05, 0.1) is 12.0 Å². The van der Waals surface area contributed by atoms with Crippen LogP contribution in [0.3, 0.4) is 0 Å². The Labute approximate surface area is 102 Å². The summed E-state index contributed by atoms with van der Waals surface area (Å²) in [5.74, 6) is -1.21. The van der Waals surface area contributed by atoms with Crippen LogP contribution in [0.25, 0.3) is 0 Å². The Hall–Kier alpha value is -1.10. The molecule has 0 saturated heterocycles. The van der Waals surface area contributed by atoms with Crippen LogP contribution >= 0.6 is 0 Å². The first kappa shape index (κ1) is 15.9. The number of hydrogen-bond donors (Lipinski definition) is 3. The number of aliphatic carboxylic acids is 1. The summed E-state index contributed by atoms with van der Waals surface area (Å²) in [6.07, 6.45) is 4.15. The number of amides is 1. The van der Waals surface area contributed by atoms with Gasteiger partial charge in [-0.1, -0.05) is 26.2 Å². The van der Waals surface area contributed by atoms with E-state index in [2.05, 4.69) is 12.2 Å². The molecule has 1 atom stereocenters. The summed E-state index contributed by atoms with van der Waals surface area (Å²) in [5.41, 5.74) is -1.38. The van der Waals surface area contributed by atoms with Crippen LogP contribution in [-0.2, 0) is 9.59 Å². The van der Waals surface area contributed by atoms with Crippen molar-refractivity contribution >= 4 is 11.9 Å². The third kappa shape index (κ3) is 9.81. The number of carboxylic acids is 1. The van der Waals surface area contributed by atoms with Gasteiger partial charge in [-0.15, -0.1) is 0 Å². The van der Waals surface area contributed by atoms with Crippen LogP contribution < -0.4 is 5.32 Å². The van der Waals surface area contributed by atoms with Crippen molar-refractivity contribution in [3.8, 4) is 0 Å². The first-order valence-electron chi connectivity index (χ1n) is 6.08. The van der Waals surface area contributed by atoms with Gasteiger partial charge in [0.25, 0.3) is 0 Å². The molecule has 0 aromatic rings. The first-order valence-corrected chi connectivity index (χ1v) is 6.08. The van der Waals surface area contributed by atoms with E-state index in [4.69, 9.17) is 5.11 Å². The summed E-state index contributed by atoms with van der Waals surface area (Å²) < 4.78 is 0. The fourth-order valence-electron chi connectivity index (χ4n) is 1.48. The van der Waals surface area contributed by atoms with Crippen molar-refractivity contribution < 1.29 is 19.8 Å². The smallest absolute Gasteiger partial charge is 0.306 e. The van der Waals surface area contributed by atoms with E-state index in [0.29, 0.717) is 6.42 Å². The molecule has 0 aromatic heterocycles. The van der Waals surface area contributed by atoms with Crippen molar-refractivity contribution in [3.63, 3.8) is 0 Å². The topological polar surface area (TPSA) is 86.6 Å². The van der Waals surface area contributed by atoms with Crippen molar-refractivity contribution in [2.45, 2.75) is 58.0 Å². The summed E-state index contributed by atoms with van der Waals surface area (Å²) >= 11 is 0. The number of unbranched alkanes of at least 4 members (excludes halogenated alkanes) is 3. The molecule has 0 heterocycles. The summed E-state index contributed by atoms with van der Waals surface area (Å²) in [6, 6.07) is 0. The van der Waals surface area contributed by atoms with Crippen LogP contribution in [-0.4, -0.2) is 34.2 Å². The van der Waals surface area contributed by atoms with Gasteiger partial charge in [0.2, 0.25) is 5.91 Å². The summed E-state index contributed by atoms with van der Waals surface area (Å²) in [6.45, 7) is 3.48. The number of aliphatic hydroxyl groups is 1. The Bertz CT molecular complexity index is 251. The standard InChI is InChI=1S/C12H23NO4/c1-3-4-5-6-7-10(14)13-9-12(2,17)8-11(15)16/h17H,3-9H2,1-2H3,(H,13,14)(H,15,16). The van der Waals surface area contributed by atoms with Gasteiger partial charge in [0, 0.05) is 13.0 Å². The van der Waals surface area contributed by atoms with Gasteiger partial charge in [-0.05, 0) is 13.3 Å². The van der Waals surface area contributed by atoms with Crippen LogP contribution in [0.2, 0.25) is 0 Å². The number of carbonyl (C=O) groups excluding carboxylic acids is 1. The molecule has 0 aliphatic heterocycles. The quantitative estimate of drug-likeness (QED) is 0.534. The molecule has 1 amide bonds. The van der Waals surface area contributed by atoms with Gasteiger partial charge in [0.1, 0.15) is 0 Å². The minimum Gasteiger partial charge on any atom is -0.481 e. The summed E-state index contributed by atoms with van der Waals surface area (Å²) in [7, 11) is 0. The van der Waals surface area contributed by atoms with Crippen molar-refractivity contribution in [2.75, 3.05) is 6.54 Å². The number of nitrogens with one attached hydrogen (secondary N) is 1. The third-order valence-corrected chi connectivity index (χ3v) is 2.46. The van der Waals surface area contributed by atoms with Crippen molar-refractivity contribution in [1.82, 2.24) is 5.32 Å². The SMILES string of the molecule is CCCCCCC(=O)NCC(C)(O)CC(=O)O. The number of rotatable bonds is 9. The molecule has 0 spiro atoms.